The van der Waals surface area contributed by atoms with Crippen LogP contribution in [-0.4, -0.2) is 35.7 Å². The van der Waals surface area contributed by atoms with Crippen LogP contribution in [0, 0.1) is 0 Å². The Morgan fingerprint density at radius 3 is 2.86 bits per heavy atom. The lowest BCUT2D eigenvalue weighted by Crippen LogP contribution is -2.25. The minimum absolute atomic E-state index is 0.0215. The molecule has 0 radical (unpaired) electrons. The molecular weight excluding hydrogens is 303 g/mol. The minimum atomic E-state index is -4.45. The van der Waals surface area contributed by atoms with E-state index in [0.29, 0.717) is 0 Å². The van der Waals surface area contributed by atoms with Gasteiger partial charge in [0.2, 0.25) is 5.82 Å². The maximum atomic E-state index is 12.6. The molecular formula is C11H8F3N7O. The second-order valence-corrected chi connectivity index (χ2v) is 4.27. The zero-order chi connectivity index (χ0) is 15.7. The maximum absolute atomic E-state index is 12.6. The Hall–Kier alpha value is -2.98. The number of aromatic nitrogens is 6. The fourth-order valence-electron chi connectivity index (χ4n) is 1.80. The minimum Gasteiger partial charge on any atom is -0.342 e. The van der Waals surface area contributed by atoms with E-state index in [9.17, 15) is 18.0 Å². The molecule has 8 nitrogen and oxygen atoms in total. The van der Waals surface area contributed by atoms with Crippen LogP contribution in [0.25, 0.3) is 5.65 Å². The molecule has 11 heteroatoms. The lowest BCUT2D eigenvalue weighted by atomic mass is 10.2. The predicted octanol–water partition coefficient (Wildman–Crippen LogP) is 0.796. The van der Waals surface area contributed by atoms with Crippen LogP contribution in [0.15, 0.2) is 24.7 Å². The van der Waals surface area contributed by atoms with Crippen molar-refractivity contribution >= 4 is 11.6 Å². The van der Waals surface area contributed by atoms with Gasteiger partial charge in [-0.2, -0.15) is 18.3 Å². The fraction of sp³-hybridized carbons (Fsp3) is 0.182. The van der Waals surface area contributed by atoms with E-state index in [4.69, 9.17) is 0 Å². The molecule has 0 unspecified atom stereocenters. The van der Waals surface area contributed by atoms with Crippen molar-refractivity contribution in [1.82, 2.24) is 35.1 Å². The van der Waals surface area contributed by atoms with Crippen molar-refractivity contribution in [3.63, 3.8) is 0 Å². The van der Waals surface area contributed by atoms with E-state index < -0.39 is 17.6 Å². The third-order valence-corrected chi connectivity index (χ3v) is 2.85. The fourth-order valence-corrected chi connectivity index (χ4v) is 1.80. The predicted molar refractivity (Wildman–Crippen MR) is 65.5 cm³/mol. The van der Waals surface area contributed by atoms with E-state index in [1.807, 2.05) is 0 Å². The first-order valence-electron chi connectivity index (χ1n) is 5.99. The van der Waals surface area contributed by atoms with Gasteiger partial charge in [-0.1, -0.05) is 0 Å². The number of alkyl halides is 3. The average molecular weight is 311 g/mol. The SMILES string of the molecule is O=C(NCc1nnc2cc(C(F)(F)F)ccn12)c1ncn[nH]1. The monoisotopic (exact) mass is 311 g/mol. The highest BCUT2D eigenvalue weighted by molar-refractivity contribution is 5.90. The molecule has 1 amide bonds. The molecule has 0 saturated carbocycles. The van der Waals surface area contributed by atoms with Crippen LogP contribution in [0.5, 0.6) is 0 Å². The van der Waals surface area contributed by atoms with E-state index in [1.165, 1.54) is 16.9 Å². The molecule has 0 aliphatic carbocycles. The summed E-state index contributed by atoms with van der Waals surface area (Å²) in [5, 5.41) is 15.8. The molecule has 0 aliphatic rings. The number of aromatic amines is 1. The molecule has 3 heterocycles. The van der Waals surface area contributed by atoms with Crippen molar-refractivity contribution in [3.05, 3.63) is 41.9 Å². The van der Waals surface area contributed by atoms with E-state index in [-0.39, 0.29) is 23.8 Å². The highest BCUT2D eigenvalue weighted by Crippen LogP contribution is 2.29. The number of halogens is 3. The van der Waals surface area contributed by atoms with Gasteiger partial charge in [-0.05, 0) is 12.1 Å². The Morgan fingerprint density at radius 1 is 1.36 bits per heavy atom. The Kier molecular flexibility index (Phi) is 3.23. The molecule has 0 fully saturated rings. The Morgan fingerprint density at radius 2 is 2.18 bits per heavy atom. The number of nitrogens with zero attached hydrogens (tertiary/aromatic N) is 5. The molecule has 0 aromatic carbocycles. The highest BCUT2D eigenvalue weighted by Gasteiger charge is 2.31. The Balaban J connectivity index is 1.79. The number of rotatable bonds is 3. The van der Waals surface area contributed by atoms with Crippen molar-refractivity contribution in [2.75, 3.05) is 0 Å². The third kappa shape index (κ3) is 2.60. The van der Waals surface area contributed by atoms with E-state index in [0.717, 1.165) is 12.1 Å². The topological polar surface area (TPSA) is 101 Å². The van der Waals surface area contributed by atoms with Gasteiger partial charge in [0.1, 0.15) is 6.33 Å². The molecule has 3 aromatic heterocycles. The summed E-state index contributed by atoms with van der Waals surface area (Å²) in [7, 11) is 0. The van der Waals surface area contributed by atoms with Crippen molar-refractivity contribution in [3.8, 4) is 0 Å². The highest BCUT2D eigenvalue weighted by atomic mass is 19.4. The number of fused-ring (bicyclic) bond motifs is 1. The first-order chi connectivity index (χ1) is 10.4. The Labute approximate surface area is 120 Å². The quantitative estimate of drug-likeness (QED) is 0.745. The normalized spacial score (nSPS) is 11.8. The first-order valence-corrected chi connectivity index (χ1v) is 5.99. The number of hydrogen-bond donors (Lipinski definition) is 2. The van der Waals surface area contributed by atoms with Crippen LogP contribution in [-0.2, 0) is 12.7 Å². The molecule has 3 rings (SSSR count). The van der Waals surface area contributed by atoms with Crippen LogP contribution in [0.2, 0.25) is 0 Å². The summed E-state index contributed by atoms with van der Waals surface area (Å²) < 4.78 is 39.2. The standard InChI is InChI=1S/C11H8F3N7O/c12-11(13,14)6-1-2-21-7(3-6)18-19-8(21)4-15-10(22)9-16-5-17-20-9/h1-3,5H,4H2,(H,15,22)(H,16,17,20). The molecule has 22 heavy (non-hydrogen) atoms. The van der Waals surface area contributed by atoms with Gasteiger partial charge in [0.15, 0.2) is 11.5 Å². The van der Waals surface area contributed by atoms with Crippen molar-refractivity contribution < 1.29 is 18.0 Å². The zero-order valence-corrected chi connectivity index (χ0v) is 10.8. The molecule has 0 atom stereocenters. The smallest absolute Gasteiger partial charge is 0.342 e. The number of amides is 1. The van der Waals surface area contributed by atoms with Crippen molar-refractivity contribution in [1.29, 1.82) is 0 Å². The van der Waals surface area contributed by atoms with Gasteiger partial charge in [0, 0.05) is 6.20 Å². The molecule has 0 spiro atoms. The van der Waals surface area contributed by atoms with Gasteiger partial charge in [0.25, 0.3) is 5.91 Å². The first kappa shape index (κ1) is 14.0. The maximum Gasteiger partial charge on any atom is 0.416 e. The van der Waals surface area contributed by atoms with Crippen LogP contribution in [0.1, 0.15) is 22.0 Å². The summed E-state index contributed by atoms with van der Waals surface area (Å²) in [4.78, 5) is 15.3. The zero-order valence-electron chi connectivity index (χ0n) is 10.8. The van der Waals surface area contributed by atoms with E-state index in [1.54, 1.807) is 0 Å². The number of carbonyl (C=O) groups excluding carboxylic acids is 1. The number of H-pyrrole nitrogens is 1. The molecule has 0 bridgehead atoms. The molecule has 0 saturated heterocycles. The summed E-state index contributed by atoms with van der Waals surface area (Å²) in [5.41, 5.74) is -0.775. The summed E-state index contributed by atoms with van der Waals surface area (Å²) in [5.74, 6) is -0.203. The number of nitrogens with one attached hydrogen (secondary N) is 2. The number of carbonyl (C=O) groups is 1. The number of hydrogen-bond acceptors (Lipinski definition) is 5. The second kappa shape index (κ2) is 5.09. The second-order valence-electron chi connectivity index (χ2n) is 4.27. The summed E-state index contributed by atoms with van der Waals surface area (Å²) in [6, 6.07) is 1.80. The largest absolute Gasteiger partial charge is 0.416 e. The average Bonchev–Trinajstić information content (AvgIpc) is 3.13. The summed E-state index contributed by atoms with van der Waals surface area (Å²) >= 11 is 0. The third-order valence-electron chi connectivity index (χ3n) is 2.85. The lowest BCUT2D eigenvalue weighted by molar-refractivity contribution is -0.137. The van der Waals surface area contributed by atoms with Crippen LogP contribution in [0.3, 0.4) is 0 Å². The van der Waals surface area contributed by atoms with Gasteiger partial charge in [0.05, 0.1) is 12.1 Å². The van der Waals surface area contributed by atoms with E-state index in [2.05, 4.69) is 30.7 Å². The van der Waals surface area contributed by atoms with Crippen LogP contribution >= 0.6 is 0 Å². The molecule has 2 N–H and O–H groups in total. The van der Waals surface area contributed by atoms with E-state index >= 15 is 0 Å². The molecule has 3 aromatic rings. The van der Waals surface area contributed by atoms with Gasteiger partial charge >= 0.3 is 6.18 Å². The van der Waals surface area contributed by atoms with Crippen molar-refractivity contribution in [2.24, 2.45) is 0 Å². The number of pyridine rings is 1. The lowest BCUT2D eigenvalue weighted by Gasteiger charge is -2.06. The van der Waals surface area contributed by atoms with Gasteiger partial charge in [-0.25, -0.2) is 4.98 Å². The molecule has 0 aliphatic heterocycles. The van der Waals surface area contributed by atoms with Gasteiger partial charge in [-0.3, -0.25) is 14.3 Å². The van der Waals surface area contributed by atoms with Crippen molar-refractivity contribution in [2.45, 2.75) is 12.7 Å². The van der Waals surface area contributed by atoms with Gasteiger partial charge in [-0.15, -0.1) is 10.2 Å². The summed E-state index contributed by atoms with van der Waals surface area (Å²) in [6.07, 6.45) is -2.07. The Bertz CT molecular complexity index is 809. The summed E-state index contributed by atoms with van der Waals surface area (Å²) in [6.45, 7) is -0.0218. The van der Waals surface area contributed by atoms with Crippen LogP contribution in [0.4, 0.5) is 13.2 Å². The van der Waals surface area contributed by atoms with Crippen LogP contribution < -0.4 is 5.32 Å². The van der Waals surface area contributed by atoms with Gasteiger partial charge < -0.3 is 5.32 Å². The molecule has 114 valence electrons.